The highest BCUT2D eigenvalue weighted by atomic mass is 80.0. The Balaban J connectivity index is 4.96. The van der Waals surface area contributed by atoms with Crippen LogP contribution in [0.3, 0.4) is 0 Å². The van der Waals surface area contributed by atoms with Crippen LogP contribution in [0, 0.1) is 0 Å². The third-order valence-corrected chi connectivity index (χ3v) is 8.78. The lowest BCUT2D eigenvalue weighted by Crippen LogP contribution is -2.08. The molecule has 0 bridgehead atoms. The first kappa shape index (κ1) is 15.6. The van der Waals surface area contributed by atoms with Gasteiger partial charge in [0.05, 0.1) is 0 Å². The van der Waals surface area contributed by atoms with E-state index in [9.17, 15) is 0 Å². The van der Waals surface area contributed by atoms with E-state index in [0.717, 1.165) is 8.96 Å². The number of halogens is 8. The van der Waals surface area contributed by atoms with E-state index >= 15 is 0 Å². The highest BCUT2D eigenvalue weighted by molar-refractivity contribution is 9.41. The zero-order chi connectivity index (χ0) is 10.2. The molecular formula is C4Br8. The summed E-state index contributed by atoms with van der Waals surface area (Å²) in [6, 6.07) is 0. The van der Waals surface area contributed by atoms with Crippen molar-refractivity contribution >= 4 is 127 Å². The molecule has 0 aliphatic heterocycles. The largest absolute Gasteiger partial charge is 0.167 e. The average Bonchev–Trinajstić information content (AvgIpc) is 1.80. The minimum atomic E-state index is -0.466. The Morgan fingerprint density at radius 1 is 0.583 bits per heavy atom. The summed E-state index contributed by atoms with van der Waals surface area (Å²) in [5, 5.41) is 0. The van der Waals surface area contributed by atoms with Crippen LogP contribution < -0.4 is 0 Å². The summed E-state index contributed by atoms with van der Waals surface area (Å²) >= 11 is 27.0. The van der Waals surface area contributed by atoms with Gasteiger partial charge in [0.25, 0.3) is 0 Å². The molecule has 72 valence electrons. The quantitative estimate of drug-likeness (QED) is 0.250. The zero-order valence-electron chi connectivity index (χ0n) is 5.02. The smallest absolute Gasteiger partial charge is 0.0539 e. The van der Waals surface area contributed by atoms with E-state index < -0.39 is 4.29 Å². The van der Waals surface area contributed by atoms with Crippen LogP contribution in [0.15, 0.2) is 8.96 Å². The Morgan fingerprint density at radius 3 is 0.833 bits per heavy atom. The molecule has 0 fully saturated rings. The second-order valence-electron chi connectivity index (χ2n) is 1.62. The second kappa shape index (κ2) is 5.77. The Morgan fingerprint density at radius 2 is 0.750 bits per heavy atom. The molecule has 8 heteroatoms. The molecule has 0 atom stereocenters. The third-order valence-electron chi connectivity index (χ3n) is 0.690. The van der Waals surface area contributed by atoms with Gasteiger partial charge in [-0.25, -0.2) is 0 Å². The fourth-order valence-electron chi connectivity index (χ4n) is 0.249. The van der Waals surface area contributed by atoms with Crippen LogP contribution in [0.2, 0.25) is 0 Å². The van der Waals surface area contributed by atoms with E-state index in [-0.39, 0.29) is 0 Å². The summed E-state index contributed by atoms with van der Waals surface area (Å²) in [7, 11) is 0. The minimum absolute atomic E-state index is 0.466. The lowest BCUT2D eigenvalue weighted by Gasteiger charge is -2.18. The van der Waals surface area contributed by atoms with Crippen LogP contribution in [0.25, 0.3) is 0 Å². The van der Waals surface area contributed by atoms with Crippen LogP contribution in [0.5, 0.6) is 0 Å². The topological polar surface area (TPSA) is 0 Å². The first-order valence-electron chi connectivity index (χ1n) is 2.26. The van der Waals surface area contributed by atoms with Gasteiger partial charge in [-0.05, 0) is 0 Å². The van der Waals surface area contributed by atoms with Crippen molar-refractivity contribution < 1.29 is 0 Å². The van der Waals surface area contributed by atoms with Gasteiger partial charge >= 0.3 is 0 Å². The number of allylic oxidation sites excluding steroid dienone is 2. The van der Waals surface area contributed by atoms with E-state index in [0.29, 0.717) is 0 Å². The van der Waals surface area contributed by atoms with Crippen LogP contribution >= 0.6 is 127 Å². The van der Waals surface area contributed by atoms with E-state index in [2.05, 4.69) is 127 Å². The number of rotatable bonds is 0. The molecule has 0 aromatic rings. The first-order chi connectivity index (χ1) is 5.07. The number of alkyl halides is 6. The SMILES string of the molecule is BrC(=C(Br)C(Br)(Br)Br)C(Br)(Br)Br. The van der Waals surface area contributed by atoms with Crippen molar-refractivity contribution in [3.8, 4) is 0 Å². The Kier molecular flexibility index (Phi) is 7.50. The van der Waals surface area contributed by atoms with Gasteiger partial charge in [-0.1, -0.05) is 127 Å². The van der Waals surface area contributed by atoms with Crippen molar-refractivity contribution in [1.82, 2.24) is 0 Å². The molecule has 0 N–H and O–H groups in total. The molecule has 0 saturated carbocycles. The Labute approximate surface area is 138 Å². The molecule has 0 aliphatic carbocycles. The average molecular weight is 687 g/mol. The number of hydrogen-bond donors (Lipinski definition) is 0. The van der Waals surface area contributed by atoms with Gasteiger partial charge in [-0.3, -0.25) is 0 Å². The van der Waals surface area contributed by atoms with Crippen LogP contribution in [0.4, 0.5) is 0 Å². The maximum absolute atomic E-state index is 3.40. The standard InChI is InChI=1S/C4Br8/c5-1(3(7,8)9)2(6)4(10,11)12. The lowest BCUT2D eigenvalue weighted by atomic mass is 10.6. The molecule has 0 heterocycles. The van der Waals surface area contributed by atoms with Gasteiger partial charge in [-0.15, -0.1) is 0 Å². The molecule has 0 aromatic carbocycles. The summed E-state index contributed by atoms with van der Waals surface area (Å²) in [4.78, 5) is 0. The minimum Gasteiger partial charge on any atom is -0.0539 e. The predicted octanol–water partition coefficient (Wildman–Crippen LogP) is 6.66. The molecule has 0 radical (unpaired) electrons. The van der Waals surface area contributed by atoms with Crippen molar-refractivity contribution in [2.75, 3.05) is 0 Å². The van der Waals surface area contributed by atoms with Crippen LogP contribution in [0.1, 0.15) is 0 Å². The molecule has 0 saturated heterocycles. The van der Waals surface area contributed by atoms with Crippen molar-refractivity contribution in [2.24, 2.45) is 0 Å². The molecular weight excluding hydrogens is 687 g/mol. The van der Waals surface area contributed by atoms with Gasteiger partial charge in [0.15, 0.2) is 4.29 Å². The molecule has 0 aromatic heterocycles. The molecule has 0 amide bonds. The molecule has 0 nitrogen and oxygen atoms in total. The molecule has 0 rings (SSSR count). The summed E-state index contributed by atoms with van der Waals surface area (Å²) in [5.74, 6) is 0. The summed E-state index contributed by atoms with van der Waals surface area (Å²) < 4.78 is 0.792. The van der Waals surface area contributed by atoms with Crippen molar-refractivity contribution in [3.63, 3.8) is 0 Å². The van der Waals surface area contributed by atoms with Crippen molar-refractivity contribution in [2.45, 2.75) is 4.29 Å². The van der Waals surface area contributed by atoms with Gasteiger partial charge in [0, 0.05) is 8.96 Å². The predicted molar refractivity (Wildman–Crippen MR) is 83.9 cm³/mol. The fourth-order valence-corrected chi connectivity index (χ4v) is 3.63. The monoisotopic (exact) mass is 679 g/mol. The Bertz CT molecular complexity index is 170. The normalized spacial score (nSPS) is 16.0. The fraction of sp³-hybridized carbons (Fsp3) is 0.500. The third kappa shape index (κ3) is 5.61. The van der Waals surface area contributed by atoms with E-state index in [1.165, 1.54) is 0 Å². The van der Waals surface area contributed by atoms with Crippen molar-refractivity contribution in [1.29, 1.82) is 0 Å². The maximum Gasteiger partial charge on any atom is 0.167 e. The highest BCUT2D eigenvalue weighted by Crippen LogP contribution is 2.53. The van der Waals surface area contributed by atoms with E-state index in [4.69, 9.17) is 0 Å². The summed E-state index contributed by atoms with van der Waals surface area (Å²) in [6.07, 6.45) is 0. The van der Waals surface area contributed by atoms with E-state index in [1.807, 2.05) is 0 Å². The maximum atomic E-state index is 3.40. The summed E-state index contributed by atoms with van der Waals surface area (Å²) in [5.41, 5.74) is 0. The van der Waals surface area contributed by atoms with Gasteiger partial charge < -0.3 is 0 Å². The van der Waals surface area contributed by atoms with Gasteiger partial charge in [0.2, 0.25) is 0 Å². The van der Waals surface area contributed by atoms with Gasteiger partial charge in [-0.2, -0.15) is 0 Å². The number of hydrogen-bond acceptors (Lipinski definition) is 0. The van der Waals surface area contributed by atoms with Crippen LogP contribution in [-0.2, 0) is 0 Å². The highest BCUT2D eigenvalue weighted by Gasteiger charge is 2.32. The Hall–Kier alpha value is 3.58. The van der Waals surface area contributed by atoms with Crippen molar-refractivity contribution in [3.05, 3.63) is 8.96 Å². The molecule has 12 heavy (non-hydrogen) atoms. The molecule has 0 unspecified atom stereocenters. The molecule has 0 aliphatic rings. The summed E-state index contributed by atoms with van der Waals surface area (Å²) in [6.45, 7) is 0. The van der Waals surface area contributed by atoms with E-state index in [1.54, 1.807) is 0 Å². The van der Waals surface area contributed by atoms with Gasteiger partial charge in [0.1, 0.15) is 0 Å². The molecule has 0 spiro atoms. The first-order valence-corrected chi connectivity index (χ1v) is 8.61. The second-order valence-corrected chi connectivity index (χ2v) is 16.7. The lowest BCUT2D eigenvalue weighted by molar-refractivity contribution is 1.49. The zero-order valence-corrected chi connectivity index (χ0v) is 17.7. The van der Waals surface area contributed by atoms with Crippen LogP contribution in [-0.4, -0.2) is 4.29 Å².